The van der Waals surface area contributed by atoms with Gasteiger partial charge in [-0.15, -0.1) is 0 Å². The number of aliphatic hydroxyl groups is 1. The third-order valence-electron chi connectivity index (χ3n) is 5.85. The number of hydrogen-bond acceptors (Lipinski definition) is 3. The van der Waals surface area contributed by atoms with E-state index in [4.69, 9.17) is 4.74 Å². The van der Waals surface area contributed by atoms with Crippen LogP contribution < -0.4 is 0 Å². The lowest BCUT2D eigenvalue weighted by Crippen LogP contribution is -2.63. The molecule has 0 radical (unpaired) electrons. The number of carbonyl (C=O) groups excluding carboxylic acids is 1. The van der Waals surface area contributed by atoms with E-state index < -0.39 is 5.60 Å². The Hall–Kier alpha value is -0.570. The Bertz CT molecular complexity index is 334. The van der Waals surface area contributed by atoms with Crippen LogP contribution in [-0.4, -0.2) is 22.8 Å². The van der Waals surface area contributed by atoms with Crippen molar-refractivity contribution < 1.29 is 14.6 Å². The van der Waals surface area contributed by atoms with Gasteiger partial charge in [0.15, 0.2) is 0 Å². The fourth-order valence-electron chi connectivity index (χ4n) is 5.32. The van der Waals surface area contributed by atoms with Crippen LogP contribution in [0.25, 0.3) is 0 Å². The molecular weight excluding hydrogens is 216 g/mol. The number of ether oxygens (including phenoxy) is 1. The number of rotatable bonds is 1. The van der Waals surface area contributed by atoms with Gasteiger partial charge in [0, 0.05) is 6.42 Å². The standard InChI is InChI=1S/C14H20O3/c15-13-2-1-12(17-13)14(16)10-4-8-3-9(6-10)7-11(14)5-8/h8-12,16H,1-7H2. The predicted octanol–water partition coefficient (Wildman–Crippen LogP) is 1.88. The summed E-state index contributed by atoms with van der Waals surface area (Å²) in [5, 5.41) is 11.1. The Morgan fingerprint density at radius 1 is 1.06 bits per heavy atom. The summed E-state index contributed by atoms with van der Waals surface area (Å²) in [6.45, 7) is 0. The van der Waals surface area contributed by atoms with Crippen molar-refractivity contribution in [2.45, 2.75) is 56.7 Å². The highest BCUT2D eigenvalue weighted by Crippen LogP contribution is 2.60. The molecule has 94 valence electrons. The first-order valence-electron chi connectivity index (χ1n) is 7.08. The molecule has 3 heteroatoms. The zero-order valence-corrected chi connectivity index (χ0v) is 10.1. The maximum atomic E-state index is 11.3. The van der Waals surface area contributed by atoms with E-state index in [1.54, 1.807) is 0 Å². The van der Waals surface area contributed by atoms with Crippen LogP contribution in [0.4, 0.5) is 0 Å². The molecule has 0 aromatic rings. The highest BCUT2D eigenvalue weighted by molar-refractivity contribution is 5.71. The molecule has 4 saturated carbocycles. The van der Waals surface area contributed by atoms with Crippen molar-refractivity contribution in [1.82, 2.24) is 0 Å². The van der Waals surface area contributed by atoms with Gasteiger partial charge in [0.25, 0.3) is 0 Å². The Kier molecular flexibility index (Phi) is 1.98. The van der Waals surface area contributed by atoms with Gasteiger partial charge < -0.3 is 9.84 Å². The van der Waals surface area contributed by atoms with Crippen molar-refractivity contribution >= 4 is 5.97 Å². The first kappa shape index (κ1) is 10.4. The second-order valence-electron chi connectivity index (χ2n) is 6.71. The maximum Gasteiger partial charge on any atom is 0.306 e. The summed E-state index contributed by atoms with van der Waals surface area (Å²) in [4.78, 5) is 11.3. The van der Waals surface area contributed by atoms with E-state index in [9.17, 15) is 9.90 Å². The van der Waals surface area contributed by atoms with E-state index in [2.05, 4.69) is 0 Å². The van der Waals surface area contributed by atoms with Crippen molar-refractivity contribution in [3.63, 3.8) is 0 Å². The van der Waals surface area contributed by atoms with Crippen LogP contribution in [0.5, 0.6) is 0 Å². The van der Waals surface area contributed by atoms with E-state index in [1.165, 1.54) is 6.42 Å². The summed E-state index contributed by atoms with van der Waals surface area (Å²) in [5.74, 6) is 2.37. The van der Waals surface area contributed by atoms with Crippen LogP contribution in [0.2, 0.25) is 0 Å². The van der Waals surface area contributed by atoms with E-state index in [0.717, 1.165) is 43.9 Å². The molecule has 1 heterocycles. The molecule has 0 spiro atoms. The Balaban J connectivity index is 1.66. The summed E-state index contributed by atoms with van der Waals surface area (Å²) < 4.78 is 5.40. The van der Waals surface area contributed by atoms with Crippen LogP contribution in [0.1, 0.15) is 44.9 Å². The average molecular weight is 236 g/mol. The summed E-state index contributed by atoms with van der Waals surface area (Å²) in [5.41, 5.74) is -0.681. The fraction of sp³-hybridized carbons (Fsp3) is 0.929. The van der Waals surface area contributed by atoms with Gasteiger partial charge in [0.05, 0.1) is 0 Å². The Morgan fingerprint density at radius 3 is 2.12 bits per heavy atom. The normalized spacial score (nSPS) is 56.3. The van der Waals surface area contributed by atoms with Gasteiger partial charge >= 0.3 is 5.97 Å². The van der Waals surface area contributed by atoms with Crippen LogP contribution in [0.15, 0.2) is 0 Å². The van der Waals surface area contributed by atoms with E-state index >= 15 is 0 Å². The lowest BCUT2D eigenvalue weighted by Gasteiger charge is -2.60. The molecule has 17 heavy (non-hydrogen) atoms. The molecule has 0 amide bonds. The molecule has 5 aliphatic rings. The summed E-state index contributed by atoms with van der Waals surface area (Å²) >= 11 is 0. The van der Waals surface area contributed by atoms with Gasteiger partial charge in [-0.3, -0.25) is 4.79 Å². The van der Waals surface area contributed by atoms with E-state index in [-0.39, 0.29) is 12.1 Å². The van der Waals surface area contributed by atoms with Crippen molar-refractivity contribution in [2.24, 2.45) is 23.7 Å². The van der Waals surface area contributed by atoms with Gasteiger partial charge in [-0.1, -0.05) is 0 Å². The second-order valence-corrected chi connectivity index (χ2v) is 6.71. The van der Waals surface area contributed by atoms with Crippen LogP contribution in [-0.2, 0) is 9.53 Å². The number of carbonyl (C=O) groups is 1. The van der Waals surface area contributed by atoms with Crippen molar-refractivity contribution in [3.05, 3.63) is 0 Å². The lowest BCUT2D eigenvalue weighted by molar-refractivity contribution is -0.222. The minimum atomic E-state index is -0.681. The van der Waals surface area contributed by atoms with Gasteiger partial charge in [-0.2, -0.15) is 0 Å². The van der Waals surface area contributed by atoms with Crippen molar-refractivity contribution in [3.8, 4) is 0 Å². The second kappa shape index (κ2) is 3.25. The fourth-order valence-corrected chi connectivity index (χ4v) is 5.32. The molecule has 1 saturated heterocycles. The molecule has 0 aromatic heterocycles. The van der Waals surface area contributed by atoms with E-state index in [1.807, 2.05) is 0 Å². The first-order chi connectivity index (χ1) is 8.16. The topological polar surface area (TPSA) is 46.5 Å². The molecule has 5 fully saturated rings. The number of hydrogen-bond donors (Lipinski definition) is 1. The molecule has 4 bridgehead atoms. The van der Waals surface area contributed by atoms with Crippen LogP contribution in [0, 0.1) is 23.7 Å². The maximum absolute atomic E-state index is 11.3. The Labute approximate surface area is 102 Å². The molecule has 1 aliphatic heterocycles. The number of cyclic esters (lactones) is 1. The smallest absolute Gasteiger partial charge is 0.306 e. The summed E-state index contributed by atoms with van der Waals surface area (Å²) in [6.07, 6.45) is 7.07. The predicted molar refractivity (Wildman–Crippen MR) is 61.1 cm³/mol. The minimum absolute atomic E-state index is 0.114. The highest BCUT2D eigenvalue weighted by atomic mass is 16.6. The monoisotopic (exact) mass is 236 g/mol. The largest absolute Gasteiger partial charge is 0.459 e. The molecular formula is C14H20O3. The zero-order chi connectivity index (χ0) is 11.6. The van der Waals surface area contributed by atoms with Crippen LogP contribution >= 0.6 is 0 Å². The van der Waals surface area contributed by atoms with Gasteiger partial charge in [-0.25, -0.2) is 0 Å². The molecule has 1 atom stereocenters. The SMILES string of the molecule is O=C1CCC(C2(O)C3CC4CC(C3)CC2C4)O1. The average Bonchev–Trinajstić information content (AvgIpc) is 2.72. The minimum Gasteiger partial charge on any atom is -0.459 e. The van der Waals surface area contributed by atoms with Crippen LogP contribution in [0.3, 0.4) is 0 Å². The van der Waals surface area contributed by atoms with Crippen molar-refractivity contribution in [2.75, 3.05) is 0 Å². The third kappa shape index (κ3) is 1.29. The molecule has 1 unspecified atom stereocenters. The zero-order valence-electron chi connectivity index (χ0n) is 10.1. The quantitative estimate of drug-likeness (QED) is 0.707. The van der Waals surface area contributed by atoms with Gasteiger partial charge in [0.1, 0.15) is 11.7 Å². The van der Waals surface area contributed by atoms with Gasteiger partial charge in [-0.05, 0) is 62.2 Å². The lowest BCUT2D eigenvalue weighted by atomic mass is 9.48. The third-order valence-corrected chi connectivity index (χ3v) is 5.85. The molecule has 5 rings (SSSR count). The van der Waals surface area contributed by atoms with Gasteiger partial charge in [0.2, 0.25) is 0 Å². The summed E-state index contributed by atoms with van der Waals surface area (Å²) in [7, 11) is 0. The Morgan fingerprint density at radius 2 is 1.65 bits per heavy atom. The van der Waals surface area contributed by atoms with E-state index in [0.29, 0.717) is 18.3 Å². The molecule has 4 aliphatic carbocycles. The highest BCUT2D eigenvalue weighted by Gasteiger charge is 2.61. The molecule has 3 nitrogen and oxygen atoms in total. The molecule has 0 aromatic carbocycles. The number of esters is 1. The molecule has 1 N–H and O–H groups in total. The van der Waals surface area contributed by atoms with Crippen molar-refractivity contribution in [1.29, 1.82) is 0 Å². The summed E-state index contributed by atoms with van der Waals surface area (Å²) in [6, 6.07) is 0. The first-order valence-corrected chi connectivity index (χ1v) is 7.08.